The summed E-state index contributed by atoms with van der Waals surface area (Å²) in [5, 5.41) is 9.88. The highest BCUT2D eigenvalue weighted by Gasteiger charge is 2.42. The predicted octanol–water partition coefficient (Wildman–Crippen LogP) is 4.23. The number of hydrogen-bond acceptors (Lipinski definition) is 3. The Labute approximate surface area is 166 Å². The number of hydrogen-bond donors (Lipinski definition) is 1. The lowest BCUT2D eigenvalue weighted by Crippen LogP contribution is -2.45. The van der Waals surface area contributed by atoms with Crippen molar-refractivity contribution in [2.75, 3.05) is 19.6 Å². The molecule has 28 heavy (non-hydrogen) atoms. The Hall–Kier alpha value is -2.46. The number of benzene rings is 2. The van der Waals surface area contributed by atoms with Crippen molar-refractivity contribution in [3.05, 3.63) is 71.8 Å². The van der Waals surface area contributed by atoms with Crippen LogP contribution in [0.3, 0.4) is 0 Å². The van der Waals surface area contributed by atoms with Crippen LogP contribution in [0, 0.1) is 11.3 Å². The summed E-state index contributed by atoms with van der Waals surface area (Å²) in [6, 6.07) is 20.9. The lowest BCUT2D eigenvalue weighted by Gasteiger charge is -2.38. The molecular formula is C24H28N2O2. The third-order valence-corrected chi connectivity index (χ3v) is 6.27. The summed E-state index contributed by atoms with van der Waals surface area (Å²) in [5.74, 6) is 0.323. The van der Waals surface area contributed by atoms with Crippen LogP contribution in [0.2, 0.25) is 0 Å². The molecule has 2 atom stereocenters. The van der Waals surface area contributed by atoms with Gasteiger partial charge in [0.25, 0.3) is 0 Å². The van der Waals surface area contributed by atoms with E-state index in [1.165, 1.54) is 11.1 Å². The number of likely N-dealkylation sites (tertiary alicyclic amines) is 1. The average Bonchev–Trinajstić information content (AvgIpc) is 3.50. The van der Waals surface area contributed by atoms with Gasteiger partial charge in [-0.15, -0.1) is 0 Å². The van der Waals surface area contributed by atoms with Gasteiger partial charge in [-0.05, 0) is 49.4 Å². The van der Waals surface area contributed by atoms with Crippen LogP contribution < -0.4 is 0 Å². The Kier molecular flexibility index (Phi) is 5.58. The van der Waals surface area contributed by atoms with Gasteiger partial charge < -0.3 is 5.11 Å². The number of aliphatic carboxylic acids is 1. The fraction of sp³-hybridized carbons (Fsp3) is 0.417. The minimum absolute atomic E-state index is 0.402. The van der Waals surface area contributed by atoms with Crippen molar-refractivity contribution >= 4 is 12.2 Å². The molecule has 2 aliphatic rings. The van der Waals surface area contributed by atoms with Crippen molar-refractivity contribution in [1.82, 2.24) is 4.90 Å². The van der Waals surface area contributed by atoms with Crippen LogP contribution >= 0.6 is 0 Å². The molecule has 1 N–H and O–H groups in total. The molecule has 2 unspecified atom stereocenters. The van der Waals surface area contributed by atoms with Gasteiger partial charge in [0.05, 0.1) is 12.0 Å². The van der Waals surface area contributed by atoms with Crippen LogP contribution in [0.4, 0.5) is 0 Å². The topological polar surface area (TPSA) is 52.9 Å². The maximum absolute atomic E-state index is 12.0. The first-order chi connectivity index (χ1) is 13.7. The van der Waals surface area contributed by atoms with E-state index in [1.807, 2.05) is 18.3 Å². The lowest BCUT2D eigenvalue weighted by molar-refractivity contribution is -0.151. The lowest BCUT2D eigenvalue weighted by atomic mass is 9.78. The average molecular weight is 377 g/mol. The number of nitrogens with zero attached hydrogens (tertiary/aromatic N) is 2. The minimum Gasteiger partial charge on any atom is -0.481 e. The molecular weight excluding hydrogens is 348 g/mol. The smallest absolute Gasteiger partial charge is 0.311 e. The van der Waals surface area contributed by atoms with Crippen LogP contribution in [0.5, 0.6) is 0 Å². The quantitative estimate of drug-likeness (QED) is 0.736. The normalized spacial score (nSPS) is 24.3. The predicted molar refractivity (Wildman–Crippen MR) is 112 cm³/mol. The van der Waals surface area contributed by atoms with E-state index in [4.69, 9.17) is 0 Å². The van der Waals surface area contributed by atoms with Gasteiger partial charge in [0.2, 0.25) is 0 Å². The molecule has 2 aromatic rings. The molecule has 4 nitrogen and oxygen atoms in total. The fourth-order valence-electron chi connectivity index (χ4n) is 4.25. The molecule has 0 spiro atoms. The second kappa shape index (κ2) is 8.27. The Bertz CT molecular complexity index is 811. The summed E-state index contributed by atoms with van der Waals surface area (Å²) in [6.45, 7) is 2.92. The molecule has 0 bridgehead atoms. The molecule has 1 saturated heterocycles. The summed E-state index contributed by atoms with van der Waals surface area (Å²) in [7, 11) is 0. The van der Waals surface area contributed by atoms with E-state index < -0.39 is 11.4 Å². The van der Waals surface area contributed by atoms with E-state index in [0.717, 1.165) is 26.1 Å². The maximum Gasteiger partial charge on any atom is 0.311 e. The molecule has 1 heterocycles. The molecule has 1 aliphatic carbocycles. The highest BCUT2D eigenvalue weighted by atomic mass is 16.4. The van der Waals surface area contributed by atoms with Gasteiger partial charge in [-0.25, -0.2) is 0 Å². The number of carbonyl (C=O) groups is 1. The van der Waals surface area contributed by atoms with Crippen LogP contribution in [0.15, 0.2) is 65.7 Å². The van der Waals surface area contributed by atoms with E-state index in [1.54, 1.807) is 0 Å². The third-order valence-electron chi connectivity index (χ3n) is 6.27. The van der Waals surface area contributed by atoms with Gasteiger partial charge in [-0.3, -0.25) is 14.7 Å². The summed E-state index contributed by atoms with van der Waals surface area (Å²) >= 11 is 0. The second-order valence-corrected chi connectivity index (χ2v) is 8.25. The number of carboxylic acid groups (broad SMARTS) is 1. The van der Waals surface area contributed by atoms with Gasteiger partial charge in [0, 0.05) is 18.7 Å². The number of rotatable bonds is 7. The summed E-state index contributed by atoms with van der Waals surface area (Å²) in [6.07, 6.45) is 4.47. The van der Waals surface area contributed by atoms with Crippen molar-refractivity contribution in [2.24, 2.45) is 16.3 Å². The second-order valence-electron chi connectivity index (χ2n) is 8.25. The van der Waals surface area contributed by atoms with Gasteiger partial charge in [-0.1, -0.05) is 60.7 Å². The Morgan fingerprint density at radius 1 is 1.07 bits per heavy atom. The SMILES string of the molecule is O=C(O)C1(CN=CC2CC2c2ccccc2)CCN(Cc2ccccc2)CC1. The number of carboxylic acids is 1. The zero-order chi connectivity index (χ0) is 19.4. The van der Waals surface area contributed by atoms with E-state index in [9.17, 15) is 9.90 Å². The summed E-state index contributed by atoms with van der Waals surface area (Å²) in [4.78, 5) is 19.0. The molecule has 0 radical (unpaired) electrons. The van der Waals surface area contributed by atoms with Crippen molar-refractivity contribution in [1.29, 1.82) is 0 Å². The zero-order valence-corrected chi connectivity index (χ0v) is 16.2. The van der Waals surface area contributed by atoms with E-state index >= 15 is 0 Å². The molecule has 2 aromatic carbocycles. The third kappa shape index (κ3) is 4.33. The maximum atomic E-state index is 12.0. The molecule has 1 saturated carbocycles. The van der Waals surface area contributed by atoms with Gasteiger partial charge in [0.1, 0.15) is 0 Å². The highest BCUT2D eigenvalue weighted by Crippen LogP contribution is 2.46. The van der Waals surface area contributed by atoms with Gasteiger partial charge >= 0.3 is 5.97 Å². The molecule has 146 valence electrons. The molecule has 4 heteroatoms. The molecule has 4 rings (SSSR count). The Morgan fingerprint density at radius 3 is 2.36 bits per heavy atom. The molecule has 1 aliphatic heterocycles. The van der Waals surface area contributed by atoms with Crippen LogP contribution in [-0.2, 0) is 11.3 Å². The van der Waals surface area contributed by atoms with E-state index in [-0.39, 0.29) is 0 Å². The van der Waals surface area contributed by atoms with Crippen LogP contribution in [-0.4, -0.2) is 41.8 Å². The van der Waals surface area contributed by atoms with E-state index in [2.05, 4.69) is 58.4 Å². The first-order valence-electron chi connectivity index (χ1n) is 10.2. The fourth-order valence-corrected chi connectivity index (χ4v) is 4.25. The van der Waals surface area contributed by atoms with E-state index in [0.29, 0.717) is 31.2 Å². The Morgan fingerprint density at radius 2 is 1.71 bits per heavy atom. The van der Waals surface area contributed by atoms with Crippen molar-refractivity contribution in [3.63, 3.8) is 0 Å². The minimum atomic E-state index is -0.708. The van der Waals surface area contributed by atoms with Gasteiger partial charge in [0.15, 0.2) is 0 Å². The molecule has 0 aromatic heterocycles. The summed E-state index contributed by atoms with van der Waals surface area (Å²) in [5.41, 5.74) is 1.94. The molecule has 2 fully saturated rings. The zero-order valence-electron chi connectivity index (χ0n) is 16.2. The van der Waals surface area contributed by atoms with Crippen molar-refractivity contribution < 1.29 is 9.90 Å². The molecule has 0 amide bonds. The summed E-state index contributed by atoms with van der Waals surface area (Å²) < 4.78 is 0. The Balaban J connectivity index is 1.30. The monoisotopic (exact) mass is 376 g/mol. The van der Waals surface area contributed by atoms with Crippen molar-refractivity contribution in [2.45, 2.75) is 31.7 Å². The van der Waals surface area contributed by atoms with Crippen LogP contribution in [0.25, 0.3) is 0 Å². The van der Waals surface area contributed by atoms with Gasteiger partial charge in [-0.2, -0.15) is 0 Å². The first-order valence-corrected chi connectivity index (χ1v) is 10.2. The van der Waals surface area contributed by atoms with Crippen LogP contribution in [0.1, 0.15) is 36.3 Å². The number of piperidine rings is 1. The first kappa shape index (κ1) is 18.9. The number of aliphatic imine (C=N–C) groups is 1. The standard InChI is InChI=1S/C24H28N2O2/c27-23(28)24(11-13-26(14-12-24)17-19-7-3-1-4-8-19)18-25-16-21-15-22(21)20-9-5-2-6-10-20/h1-10,16,21-22H,11-15,17-18H2,(H,27,28). The highest BCUT2D eigenvalue weighted by molar-refractivity contribution is 5.76. The van der Waals surface area contributed by atoms with Crippen molar-refractivity contribution in [3.8, 4) is 0 Å². The largest absolute Gasteiger partial charge is 0.481 e.